The number of carbonyl (C=O) groups is 1. The van der Waals surface area contributed by atoms with E-state index in [1.54, 1.807) is 12.1 Å². The number of allylic oxidation sites excluding steroid dienone is 3. The third-order valence-electron chi connectivity index (χ3n) is 5.06. The average molecular weight is 460 g/mol. The standard InChI is InChI=1S/C20H15Cl2N5O4/c1-9-3-2-4-12-15(9)18(29)25-26-19(12)31-16-13(21)5-11(6-14(16)22)27-8-10(7-23)17(28)24-20(27)30/h2-6,8-9,15,19,26H,1H3,(H,25,29)(H,24,28,30). The first-order valence-electron chi connectivity index (χ1n) is 9.16. The van der Waals surface area contributed by atoms with Gasteiger partial charge in [0.15, 0.2) is 12.0 Å². The van der Waals surface area contributed by atoms with E-state index < -0.39 is 23.4 Å². The maximum atomic E-state index is 12.2. The van der Waals surface area contributed by atoms with Gasteiger partial charge < -0.3 is 4.74 Å². The topological polar surface area (TPSA) is 129 Å². The minimum atomic E-state index is -0.787. The summed E-state index contributed by atoms with van der Waals surface area (Å²) in [7, 11) is 0. The van der Waals surface area contributed by atoms with Crippen molar-refractivity contribution < 1.29 is 9.53 Å². The van der Waals surface area contributed by atoms with Crippen LogP contribution in [-0.4, -0.2) is 21.7 Å². The summed E-state index contributed by atoms with van der Waals surface area (Å²) in [6.45, 7) is 1.93. The first-order chi connectivity index (χ1) is 14.8. The number of hydrazine groups is 1. The van der Waals surface area contributed by atoms with Crippen molar-refractivity contribution in [2.75, 3.05) is 0 Å². The number of rotatable bonds is 3. The Balaban J connectivity index is 1.70. The van der Waals surface area contributed by atoms with Gasteiger partial charge in [0.1, 0.15) is 11.6 Å². The Bertz CT molecular complexity index is 1280. The molecule has 3 atom stereocenters. The molecule has 1 aromatic heterocycles. The predicted octanol–water partition coefficient (Wildman–Crippen LogP) is 1.79. The zero-order chi connectivity index (χ0) is 22.3. The average Bonchev–Trinajstić information content (AvgIpc) is 2.72. The number of hydrogen-bond acceptors (Lipinski definition) is 6. The van der Waals surface area contributed by atoms with Gasteiger partial charge in [-0.3, -0.25) is 24.6 Å². The molecule has 4 rings (SSSR count). The highest BCUT2D eigenvalue weighted by atomic mass is 35.5. The van der Waals surface area contributed by atoms with Gasteiger partial charge in [0.2, 0.25) is 5.91 Å². The fourth-order valence-corrected chi connectivity index (χ4v) is 4.12. The molecule has 158 valence electrons. The van der Waals surface area contributed by atoms with Crippen molar-refractivity contribution in [3.63, 3.8) is 0 Å². The number of aromatic nitrogens is 2. The van der Waals surface area contributed by atoms with Crippen molar-refractivity contribution in [3.05, 3.63) is 78.6 Å². The Labute approximate surface area is 185 Å². The third-order valence-corrected chi connectivity index (χ3v) is 5.62. The predicted molar refractivity (Wildman–Crippen MR) is 113 cm³/mol. The molecular weight excluding hydrogens is 445 g/mol. The van der Waals surface area contributed by atoms with E-state index in [0.717, 1.165) is 16.3 Å². The summed E-state index contributed by atoms with van der Waals surface area (Å²) in [5.74, 6) is -0.429. The van der Waals surface area contributed by atoms with Gasteiger partial charge in [-0.2, -0.15) is 10.7 Å². The molecule has 2 aromatic rings. The Morgan fingerprint density at radius 2 is 1.90 bits per heavy atom. The second-order valence-corrected chi connectivity index (χ2v) is 7.86. The summed E-state index contributed by atoms with van der Waals surface area (Å²) >= 11 is 12.8. The number of carbonyl (C=O) groups excluding carboxylic acids is 1. The SMILES string of the molecule is CC1C=CC=C2C(Oc3c(Cl)cc(-n4cc(C#N)c(=O)[nH]c4=O)cc3Cl)NNC(=O)C21. The van der Waals surface area contributed by atoms with Crippen molar-refractivity contribution in [2.24, 2.45) is 11.8 Å². The van der Waals surface area contributed by atoms with E-state index in [2.05, 4.69) is 15.8 Å². The van der Waals surface area contributed by atoms with Crippen LogP contribution in [0.1, 0.15) is 12.5 Å². The lowest BCUT2D eigenvalue weighted by molar-refractivity contribution is -0.129. The zero-order valence-corrected chi connectivity index (χ0v) is 17.5. The summed E-state index contributed by atoms with van der Waals surface area (Å²) in [6.07, 6.45) is 5.99. The Morgan fingerprint density at radius 1 is 1.19 bits per heavy atom. The second-order valence-electron chi connectivity index (χ2n) is 7.04. The highest BCUT2D eigenvalue weighted by Gasteiger charge is 2.38. The molecule has 1 fully saturated rings. The molecule has 9 nitrogen and oxygen atoms in total. The van der Waals surface area contributed by atoms with Gasteiger partial charge in [0.25, 0.3) is 5.56 Å². The highest BCUT2D eigenvalue weighted by Crippen LogP contribution is 2.38. The monoisotopic (exact) mass is 459 g/mol. The molecule has 1 aliphatic carbocycles. The number of fused-ring (bicyclic) bond motifs is 1. The number of H-pyrrole nitrogens is 1. The molecule has 11 heteroatoms. The van der Waals surface area contributed by atoms with Crippen molar-refractivity contribution in [3.8, 4) is 17.5 Å². The molecule has 1 saturated heterocycles. The molecule has 1 aromatic carbocycles. The molecule has 2 heterocycles. The molecule has 1 aliphatic heterocycles. The number of benzene rings is 1. The number of nitrogens with one attached hydrogen (secondary N) is 3. The van der Waals surface area contributed by atoms with Crippen molar-refractivity contribution in [2.45, 2.75) is 13.2 Å². The Kier molecular flexibility index (Phi) is 5.45. The van der Waals surface area contributed by atoms with E-state index in [4.69, 9.17) is 33.2 Å². The van der Waals surface area contributed by atoms with Crippen LogP contribution < -0.4 is 26.8 Å². The fourth-order valence-electron chi connectivity index (χ4n) is 3.55. The minimum Gasteiger partial charge on any atom is -0.467 e. The number of ether oxygens (including phenoxy) is 1. The molecule has 2 aliphatic rings. The fraction of sp³-hybridized carbons (Fsp3) is 0.200. The van der Waals surface area contributed by atoms with Crippen LogP contribution in [0.15, 0.2) is 51.7 Å². The van der Waals surface area contributed by atoms with Gasteiger partial charge in [-0.25, -0.2) is 4.79 Å². The summed E-state index contributed by atoms with van der Waals surface area (Å²) in [6, 6.07) is 4.55. The quantitative estimate of drug-likeness (QED) is 0.641. The number of nitrogens with zero attached hydrogens (tertiary/aromatic N) is 2. The van der Waals surface area contributed by atoms with E-state index in [1.807, 2.05) is 19.1 Å². The molecule has 3 N–H and O–H groups in total. The summed E-state index contributed by atoms with van der Waals surface area (Å²) in [5.41, 5.74) is 4.57. The van der Waals surface area contributed by atoms with E-state index in [9.17, 15) is 14.4 Å². The summed E-state index contributed by atoms with van der Waals surface area (Å²) < 4.78 is 7.03. The number of nitriles is 1. The maximum Gasteiger partial charge on any atom is 0.332 e. The van der Waals surface area contributed by atoms with Crippen molar-refractivity contribution in [1.82, 2.24) is 20.4 Å². The molecule has 31 heavy (non-hydrogen) atoms. The van der Waals surface area contributed by atoms with Crippen molar-refractivity contribution in [1.29, 1.82) is 5.26 Å². The van der Waals surface area contributed by atoms with Crippen LogP contribution in [0.3, 0.4) is 0 Å². The first-order valence-corrected chi connectivity index (χ1v) is 9.91. The molecule has 0 radical (unpaired) electrons. The van der Waals surface area contributed by atoms with Gasteiger partial charge in [-0.05, 0) is 23.6 Å². The van der Waals surface area contributed by atoms with E-state index in [-0.39, 0.29) is 38.9 Å². The molecule has 0 bridgehead atoms. The maximum absolute atomic E-state index is 12.2. The van der Waals surface area contributed by atoms with Gasteiger partial charge in [-0.1, -0.05) is 48.4 Å². The van der Waals surface area contributed by atoms with E-state index in [0.29, 0.717) is 0 Å². The molecule has 0 saturated carbocycles. The van der Waals surface area contributed by atoms with Gasteiger partial charge in [-0.15, -0.1) is 0 Å². The van der Waals surface area contributed by atoms with Gasteiger partial charge >= 0.3 is 5.69 Å². The number of amides is 1. The van der Waals surface area contributed by atoms with Crippen molar-refractivity contribution >= 4 is 29.1 Å². The Hall–Kier alpha value is -3.32. The minimum absolute atomic E-state index is 0.0111. The number of aromatic amines is 1. The lowest BCUT2D eigenvalue weighted by atomic mass is 9.81. The zero-order valence-electron chi connectivity index (χ0n) is 16.0. The Morgan fingerprint density at radius 3 is 2.58 bits per heavy atom. The summed E-state index contributed by atoms with van der Waals surface area (Å²) in [5, 5.41) is 9.23. The molecule has 3 unspecified atom stereocenters. The van der Waals surface area contributed by atoms with Crippen LogP contribution in [0.4, 0.5) is 0 Å². The van der Waals surface area contributed by atoms with E-state index >= 15 is 0 Å². The second kappa shape index (κ2) is 8.07. The van der Waals surface area contributed by atoms with Crippen LogP contribution in [0.5, 0.6) is 5.75 Å². The molecule has 1 amide bonds. The van der Waals surface area contributed by atoms with Gasteiger partial charge in [0, 0.05) is 6.20 Å². The smallest absolute Gasteiger partial charge is 0.332 e. The largest absolute Gasteiger partial charge is 0.467 e. The van der Waals surface area contributed by atoms with E-state index in [1.165, 1.54) is 12.1 Å². The summed E-state index contributed by atoms with van der Waals surface area (Å²) in [4.78, 5) is 38.1. The van der Waals surface area contributed by atoms with Crippen LogP contribution in [0.2, 0.25) is 10.0 Å². The lowest BCUT2D eigenvalue weighted by Gasteiger charge is -2.36. The number of hydrogen-bond donors (Lipinski definition) is 3. The van der Waals surface area contributed by atoms with Crippen LogP contribution in [-0.2, 0) is 4.79 Å². The van der Waals surface area contributed by atoms with Crippen LogP contribution in [0.25, 0.3) is 5.69 Å². The van der Waals surface area contributed by atoms with Gasteiger partial charge in [0.05, 0.1) is 21.7 Å². The third kappa shape index (κ3) is 3.77. The number of halogens is 2. The normalized spacial score (nSPS) is 22.2. The molecule has 0 spiro atoms. The van der Waals surface area contributed by atoms with Crippen LogP contribution in [0, 0.1) is 23.2 Å². The highest BCUT2D eigenvalue weighted by molar-refractivity contribution is 6.37. The lowest BCUT2D eigenvalue weighted by Crippen LogP contribution is -2.58. The molecular formula is C20H15Cl2N5O4. The first kappa shape index (κ1) is 20.9. The van der Waals surface area contributed by atoms with Crippen LogP contribution >= 0.6 is 23.2 Å².